The number of hydrogen-bond acceptors (Lipinski definition) is 3. The molecule has 98 valence electrons. The summed E-state index contributed by atoms with van der Waals surface area (Å²) in [4.78, 5) is 5.70. The maximum atomic E-state index is 4.47. The Morgan fingerprint density at radius 2 is 2.28 bits per heavy atom. The zero-order valence-corrected chi connectivity index (χ0v) is 12.1. The number of imidazole rings is 1. The van der Waals surface area contributed by atoms with E-state index in [9.17, 15) is 0 Å². The quantitative estimate of drug-likeness (QED) is 0.863. The number of rotatable bonds is 6. The van der Waals surface area contributed by atoms with Gasteiger partial charge in [-0.25, -0.2) is 4.98 Å². The van der Waals surface area contributed by atoms with Crippen molar-refractivity contribution in [2.24, 2.45) is 0 Å². The number of thiophene rings is 1. The van der Waals surface area contributed by atoms with E-state index in [4.69, 9.17) is 0 Å². The van der Waals surface area contributed by atoms with Crippen LogP contribution in [0.5, 0.6) is 0 Å². The number of hydrogen-bond donors (Lipinski definition) is 1. The molecule has 4 heteroatoms. The maximum Gasteiger partial charge on any atom is 0.150 e. The molecule has 0 radical (unpaired) electrons. The first-order valence-corrected chi connectivity index (χ1v) is 7.40. The molecule has 3 nitrogen and oxygen atoms in total. The lowest BCUT2D eigenvalue weighted by Crippen LogP contribution is -2.30. The first-order chi connectivity index (χ1) is 8.72. The highest BCUT2D eigenvalue weighted by atomic mass is 32.1. The zero-order valence-electron chi connectivity index (χ0n) is 11.3. The van der Waals surface area contributed by atoms with Crippen LogP contribution >= 0.6 is 11.3 Å². The number of nitrogens with zero attached hydrogens (tertiary/aromatic N) is 2. The molecule has 2 unspecified atom stereocenters. The molecule has 2 rings (SSSR count). The van der Waals surface area contributed by atoms with E-state index in [1.54, 1.807) is 11.3 Å². The molecule has 2 aromatic rings. The van der Waals surface area contributed by atoms with Crippen LogP contribution in [0.25, 0.3) is 10.7 Å². The molecule has 0 aliphatic rings. The highest BCUT2D eigenvalue weighted by molar-refractivity contribution is 7.13. The minimum absolute atomic E-state index is 0.415. The van der Waals surface area contributed by atoms with Crippen LogP contribution in [0.4, 0.5) is 0 Å². The second kappa shape index (κ2) is 6.16. The van der Waals surface area contributed by atoms with Gasteiger partial charge in [0.1, 0.15) is 5.82 Å². The molecular formula is C14H21N3S. The van der Waals surface area contributed by atoms with Crippen molar-refractivity contribution in [1.29, 1.82) is 0 Å². The minimum atomic E-state index is 0.415. The van der Waals surface area contributed by atoms with Gasteiger partial charge in [-0.2, -0.15) is 0 Å². The fourth-order valence-electron chi connectivity index (χ4n) is 1.88. The topological polar surface area (TPSA) is 29.9 Å². The molecule has 0 aliphatic carbocycles. The van der Waals surface area contributed by atoms with Crippen LogP contribution in [0.3, 0.4) is 0 Å². The van der Waals surface area contributed by atoms with Gasteiger partial charge in [-0.1, -0.05) is 13.0 Å². The highest BCUT2D eigenvalue weighted by Gasteiger charge is 2.12. The summed E-state index contributed by atoms with van der Waals surface area (Å²) < 4.78 is 2.25. The molecule has 0 saturated carbocycles. The third kappa shape index (κ3) is 3.00. The molecular weight excluding hydrogens is 242 g/mol. The largest absolute Gasteiger partial charge is 0.326 e. The lowest BCUT2D eigenvalue weighted by molar-refractivity contribution is 0.447. The summed E-state index contributed by atoms with van der Waals surface area (Å²) >= 11 is 1.74. The summed E-state index contributed by atoms with van der Waals surface area (Å²) in [6.07, 6.45) is 5.11. The number of aromatic nitrogens is 2. The van der Waals surface area contributed by atoms with Gasteiger partial charge in [0.25, 0.3) is 0 Å². The fraction of sp³-hybridized carbons (Fsp3) is 0.500. The van der Waals surface area contributed by atoms with E-state index >= 15 is 0 Å². The summed E-state index contributed by atoms with van der Waals surface area (Å²) in [5, 5.41) is 5.64. The van der Waals surface area contributed by atoms with Crippen molar-refractivity contribution < 1.29 is 0 Å². The predicted molar refractivity (Wildman–Crippen MR) is 78.0 cm³/mol. The van der Waals surface area contributed by atoms with Crippen LogP contribution < -0.4 is 5.32 Å². The van der Waals surface area contributed by atoms with Crippen LogP contribution in [0, 0.1) is 0 Å². The second-order valence-electron chi connectivity index (χ2n) is 4.70. The Kier molecular flexibility index (Phi) is 4.55. The van der Waals surface area contributed by atoms with Gasteiger partial charge >= 0.3 is 0 Å². The first-order valence-electron chi connectivity index (χ1n) is 6.52. The standard InChI is InChI=1S/C14H21N3S/c1-4-11(2)16-10-12(3)17-8-7-15-14(17)13-6-5-9-18-13/h5-9,11-12,16H,4,10H2,1-3H3. The molecule has 0 saturated heterocycles. The van der Waals surface area contributed by atoms with Gasteiger partial charge in [-0.15, -0.1) is 11.3 Å². The van der Waals surface area contributed by atoms with E-state index in [0.29, 0.717) is 12.1 Å². The molecule has 2 atom stereocenters. The summed E-state index contributed by atoms with van der Waals surface area (Å²) in [5.41, 5.74) is 0. The zero-order chi connectivity index (χ0) is 13.0. The van der Waals surface area contributed by atoms with Crippen LogP contribution in [-0.4, -0.2) is 22.1 Å². The van der Waals surface area contributed by atoms with E-state index in [2.05, 4.69) is 59.3 Å². The Bertz CT molecular complexity index is 461. The summed E-state index contributed by atoms with van der Waals surface area (Å²) in [7, 11) is 0. The van der Waals surface area contributed by atoms with Gasteiger partial charge in [0.2, 0.25) is 0 Å². The molecule has 2 heterocycles. The third-order valence-corrected chi connectivity index (χ3v) is 4.12. The lowest BCUT2D eigenvalue weighted by Gasteiger charge is -2.19. The highest BCUT2D eigenvalue weighted by Crippen LogP contribution is 2.25. The molecule has 0 aliphatic heterocycles. The van der Waals surface area contributed by atoms with Crippen molar-refractivity contribution in [3.05, 3.63) is 29.9 Å². The van der Waals surface area contributed by atoms with Crippen molar-refractivity contribution in [1.82, 2.24) is 14.9 Å². The molecule has 18 heavy (non-hydrogen) atoms. The second-order valence-corrected chi connectivity index (χ2v) is 5.65. The van der Waals surface area contributed by atoms with Crippen molar-refractivity contribution in [2.45, 2.75) is 39.3 Å². The van der Waals surface area contributed by atoms with Gasteiger partial charge in [0.15, 0.2) is 0 Å². The molecule has 0 fully saturated rings. The van der Waals surface area contributed by atoms with Crippen LogP contribution in [0.2, 0.25) is 0 Å². The minimum Gasteiger partial charge on any atom is -0.326 e. The predicted octanol–water partition coefficient (Wildman–Crippen LogP) is 3.56. The average molecular weight is 263 g/mol. The van der Waals surface area contributed by atoms with Gasteiger partial charge in [0.05, 0.1) is 4.88 Å². The Labute approximate surface area is 113 Å². The van der Waals surface area contributed by atoms with Crippen molar-refractivity contribution in [2.75, 3.05) is 6.54 Å². The van der Waals surface area contributed by atoms with E-state index < -0.39 is 0 Å². The number of nitrogens with one attached hydrogen (secondary N) is 1. The third-order valence-electron chi connectivity index (χ3n) is 3.26. The van der Waals surface area contributed by atoms with Gasteiger partial charge in [0, 0.05) is 31.0 Å². The lowest BCUT2D eigenvalue weighted by atomic mass is 10.2. The van der Waals surface area contributed by atoms with Gasteiger partial charge < -0.3 is 9.88 Å². The average Bonchev–Trinajstić information content (AvgIpc) is 3.04. The fourth-order valence-corrected chi connectivity index (χ4v) is 2.60. The summed E-state index contributed by atoms with van der Waals surface area (Å²) in [5.74, 6) is 1.07. The normalized spacial score (nSPS) is 14.6. The Balaban J connectivity index is 2.07. The van der Waals surface area contributed by atoms with E-state index in [1.165, 1.54) is 4.88 Å². The van der Waals surface area contributed by atoms with E-state index in [1.807, 2.05) is 6.20 Å². The molecule has 2 aromatic heterocycles. The Morgan fingerprint density at radius 3 is 2.94 bits per heavy atom. The van der Waals surface area contributed by atoms with Gasteiger partial charge in [-0.05, 0) is 31.7 Å². The van der Waals surface area contributed by atoms with Crippen molar-refractivity contribution in [3.8, 4) is 10.7 Å². The molecule has 0 spiro atoms. The monoisotopic (exact) mass is 263 g/mol. The van der Waals surface area contributed by atoms with E-state index in [-0.39, 0.29) is 0 Å². The summed E-state index contributed by atoms with van der Waals surface area (Å²) in [6.45, 7) is 7.63. The molecule has 0 bridgehead atoms. The Morgan fingerprint density at radius 1 is 1.44 bits per heavy atom. The molecule has 1 N–H and O–H groups in total. The SMILES string of the molecule is CCC(C)NCC(C)n1ccnc1-c1cccs1. The molecule has 0 amide bonds. The van der Waals surface area contributed by atoms with Gasteiger partial charge in [-0.3, -0.25) is 0 Å². The van der Waals surface area contributed by atoms with Crippen molar-refractivity contribution in [3.63, 3.8) is 0 Å². The first kappa shape index (κ1) is 13.3. The van der Waals surface area contributed by atoms with Crippen LogP contribution in [0.15, 0.2) is 29.9 Å². The smallest absolute Gasteiger partial charge is 0.150 e. The van der Waals surface area contributed by atoms with Crippen LogP contribution in [-0.2, 0) is 0 Å². The maximum absolute atomic E-state index is 4.47. The van der Waals surface area contributed by atoms with E-state index in [0.717, 1.165) is 18.8 Å². The van der Waals surface area contributed by atoms with Crippen molar-refractivity contribution >= 4 is 11.3 Å². The Hall–Kier alpha value is -1.13. The molecule has 0 aromatic carbocycles. The summed E-state index contributed by atoms with van der Waals surface area (Å²) in [6, 6.07) is 5.18. The van der Waals surface area contributed by atoms with Crippen LogP contribution in [0.1, 0.15) is 33.2 Å².